The monoisotopic (exact) mass is 356 g/mol. The summed E-state index contributed by atoms with van der Waals surface area (Å²) in [6.07, 6.45) is 0. The number of carbonyl (C=O) groups is 2. The van der Waals surface area contributed by atoms with Gasteiger partial charge in [-0.15, -0.1) is 11.3 Å². The fourth-order valence-corrected chi connectivity index (χ4v) is 3.19. The van der Waals surface area contributed by atoms with Gasteiger partial charge in [-0.05, 0) is 44.2 Å². The lowest BCUT2D eigenvalue weighted by Crippen LogP contribution is -2.19. The molecule has 0 bridgehead atoms. The highest BCUT2D eigenvalue weighted by Gasteiger charge is 2.18. The highest BCUT2D eigenvalue weighted by atomic mass is 32.1. The molecule has 2 heterocycles. The van der Waals surface area contributed by atoms with Gasteiger partial charge in [0, 0.05) is 11.4 Å². The van der Waals surface area contributed by atoms with E-state index >= 15 is 0 Å². The highest BCUT2D eigenvalue weighted by molar-refractivity contribution is 7.17. The van der Waals surface area contributed by atoms with Crippen LogP contribution >= 0.6 is 11.3 Å². The Bertz CT molecular complexity index is 945. The SMILES string of the molecule is Cc1ccc(-c2nc(C)c(C(=O)Nc3cccc(NC(N)=O)c3)s2)o1. The maximum atomic E-state index is 12.5. The average Bonchev–Trinajstić information content (AvgIpc) is 3.13. The van der Waals surface area contributed by atoms with Gasteiger partial charge in [0.15, 0.2) is 10.8 Å². The Morgan fingerprint density at radius 2 is 1.84 bits per heavy atom. The molecule has 0 saturated heterocycles. The molecule has 3 amide bonds. The van der Waals surface area contributed by atoms with Gasteiger partial charge in [-0.25, -0.2) is 9.78 Å². The Morgan fingerprint density at radius 1 is 1.12 bits per heavy atom. The Kier molecular flexibility index (Phi) is 4.53. The van der Waals surface area contributed by atoms with Crippen LogP contribution in [0.25, 0.3) is 10.8 Å². The van der Waals surface area contributed by atoms with Crippen molar-refractivity contribution in [3.8, 4) is 10.8 Å². The molecule has 3 aromatic rings. The average molecular weight is 356 g/mol. The fraction of sp³-hybridized carbons (Fsp3) is 0.118. The summed E-state index contributed by atoms with van der Waals surface area (Å²) in [4.78, 5) is 28.4. The summed E-state index contributed by atoms with van der Waals surface area (Å²) in [7, 11) is 0. The van der Waals surface area contributed by atoms with Crippen molar-refractivity contribution < 1.29 is 14.0 Å². The molecule has 8 heteroatoms. The number of urea groups is 1. The predicted molar refractivity (Wildman–Crippen MR) is 96.9 cm³/mol. The van der Waals surface area contributed by atoms with Gasteiger partial charge in [0.05, 0.1) is 5.69 Å². The third-order valence-corrected chi connectivity index (χ3v) is 4.51. The van der Waals surface area contributed by atoms with Crippen LogP contribution in [0.3, 0.4) is 0 Å². The van der Waals surface area contributed by atoms with Crippen LogP contribution in [-0.2, 0) is 0 Å². The number of hydrogen-bond donors (Lipinski definition) is 3. The Morgan fingerprint density at radius 3 is 2.48 bits per heavy atom. The number of primary amides is 1. The van der Waals surface area contributed by atoms with E-state index in [1.165, 1.54) is 11.3 Å². The standard InChI is InChI=1S/C17H16N4O3S/c1-9-6-7-13(24-9)16-19-10(2)14(25-16)15(22)20-11-4-3-5-12(8-11)21-17(18)23/h3-8H,1-2H3,(H,20,22)(H3,18,21,23). The number of rotatable bonds is 4. The number of nitrogens with one attached hydrogen (secondary N) is 2. The maximum absolute atomic E-state index is 12.5. The van der Waals surface area contributed by atoms with Crippen molar-refractivity contribution >= 4 is 34.6 Å². The number of thiazole rings is 1. The van der Waals surface area contributed by atoms with Gasteiger partial charge in [-0.1, -0.05) is 6.07 Å². The van der Waals surface area contributed by atoms with Crippen molar-refractivity contribution in [2.24, 2.45) is 5.73 Å². The van der Waals surface area contributed by atoms with E-state index in [0.717, 1.165) is 5.76 Å². The second-order valence-corrected chi connectivity index (χ2v) is 6.37. The minimum Gasteiger partial charge on any atom is -0.459 e. The van der Waals surface area contributed by atoms with Gasteiger partial charge in [0.25, 0.3) is 5.91 Å². The van der Waals surface area contributed by atoms with Crippen LogP contribution in [-0.4, -0.2) is 16.9 Å². The molecule has 0 fully saturated rings. The van der Waals surface area contributed by atoms with E-state index in [4.69, 9.17) is 10.2 Å². The largest absolute Gasteiger partial charge is 0.459 e. The first-order chi connectivity index (χ1) is 11.9. The number of nitrogens with two attached hydrogens (primary N) is 1. The number of aryl methyl sites for hydroxylation is 2. The quantitative estimate of drug-likeness (QED) is 0.661. The van der Waals surface area contributed by atoms with Gasteiger partial charge in [-0.3, -0.25) is 4.79 Å². The van der Waals surface area contributed by atoms with Crippen molar-refractivity contribution in [2.75, 3.05) is 10.6 Å². The molecule has 0 aliphatic carbocycles. The van der Waals surface area contributed by atoms with Crippen LogP contribution in [0.1, 0.15) is 21.1 Å². The maximum Gasteiger partial charge on any atom is 0.316 e. The van der Waals surface area contributed by atoms with E-state index in [9.17, 15) is 9.59 Å². The Balaban J connectivity index is 1.80. The molecule has 3 rings (SSSR count). The molecule has 0 radical (unpaired) electrons. The van der Waals surface area contributed by atoms with Gasteiger partial charge in [-0.2, -0.15) is 0 Å². The van der Waals surface area contributed by atoms with Crippen LogP contribution in [0, 0.1) is 13.8 Å². The van der Waals surface area contributed by atoms with Crippen molar-refractivity contribution in [3.63, 3.8) is 0 Å². The van der Waals surface area contributed by atoms with Crippen LogP contribution in [0.5, 0.6) is 0 Å². The molecule has 128 valence electrons. The minimum atomic E-state index is -0.667. The normalized spacial score (nSPS) is 10.5. The zero-order chi connectivity index (χ0) is 18.0. The summed E-state index contributed by atoms with van der Waals surface area (Å²) in [6, 6.07) is 9.73. The lowest BCUT2D eigenvalue weighted by Gasteiger charge is -2.07. The van der Waals surface area contributed by atoms with E-state index in [1.807, 2.05) is 19.1 Å². The number of aromatic nitrogens is 1. The first-order valence-corrected chi connectivity index (χ1v) is 8.26. The van der Waals surface area contributed by atoms with Crippen molar-refractivity contribution in [1.29, 1.82) is 0 Å². The summed E-state index contributed by atoms with van der Waals surface area (Å²) < 4.78 is 5.55. The van der Waals surface area contributed by atoms with E-state index in [0.29, 0.717) is 32.7 Å². The fourth-order valence-electron chi connectivity index (χ4n) is 2.27. The van der Waals surface area contributed by atoms with Crippen molar-refractivity contribution in [2.45, 2.75) is 13.8 Å². The van der Waals surface area contributed by atoms with Crippen molar-refractivity contribution in [1.82, 2.24) is 4.98 Å². The van der Waals surface area contributed by atoms with Gasteiger partial charge in [0.2, 0.25) is 0 Å². The summed E-state index contributed by atoms with van der Waals surface area (Å²) in [6.45, 7) is 3.63. The molecule has 0 aliphatic heterocycles. The number of anilines is 2. The summed E-state index contributed by atoms with van der Waals surface area (Å²) in [5.41, 5.74) is 6.76. The van der Waals surface area contributed by atoms with Gasteiger partial charge >= 0.3 is 6.03 Å². The van der Waals surface area contributed by atoms with E-state index in [2.05, 4.69) is 15.6 Å². The zero-order valence-electron chi connectivity index (χ0n) is 13.6. The zero-order valence-corrected chi connectivity index (χ0v) is 14.4. The number of carbonyl (C=O) groups excluding carboxylic acids is 2. The molecule has 0 atom stereocenters. The number of hydrogen-bond acceptors (Lipinski definition) is 5. The minimum absolute atomic E-state index is 0.277. The van der Waals surface area contributed by atoms with Gasteiger partial charge < -0.3 is 20.8 Å². The molecule has 0 spiro atoms. The van der Waals surface area contributed by atoms with Crippen LogP contribution < -0.4 is 16.4 Å². The lowest BCUT2D eigenvalue weighted by molar-refractivity contribution is 0.103. The summed E-state index contributed by atoms with van der Waals surface area (Å²) in [5, 5.41) is 5.91. The number of furan rings is 1. The molecular weight excluding hydrogens is 340 g/mol. The molecule has 0 saturated carbocycles. The van der Waals surface area contributed by atoms with Crippen LogP contribution in [0.15, 0.2) is 40.8 Å². The molecule has 1 aromatic carbocycles. The van der Waals surface area contributed by atoms with Gasteiger partial charge in [0.1, 0.15) is 10.6 Å². The molecule has 4 N–H and O–H groups in total. The van der Waals surface area contributed by atoms with Crippen LogP contribution in [0.2, 0.25) is 0 Å². The summed E-state index contributed by atoms with van der Waals surface area (Å²) in [5.74, 6) is 1.14. The molecule has 2 aromatic heterocycles. The lowest BCUT2D eigenvalue weighted by atomic mass is 10.2. The number of benzene rings is 1. The molecule has 7 nitrogen and oxygen atoms in total. The van der Waals surface area contributed by atoms with E-state index < -0.39 is 6.03 Å². The highest BCUT2D eigenvalue weighted by Crippen LogP contribution is 2.30. The summed E-state index contributed by atoms with van der Waals surface area (Å²) >= 11 is 1.26. The molecule has 0 aliphatic rings. The first-order valence-electron chi connectivity index (χ1n) is 7.44. The third kappa shape index (κ3) is 3.86. The molecular formula is C17H16N4O3S. The topological polar surface area (TPSA) is 110 Å². The number of amides is 3. The van der Waals surface area contributed by atoms with E-state index in [-0.39, 0.29) is 5.91 Å². The number of nitrogens with zero attached hydrogens (tertiary/aromatic N) is 1. The third-order valence-electron chi connectivity index (χ3n) is 3.34. The Labute approximate surface area is 147 Å². The second kappa shape index (κ2) is 6.78. The second-order valence-electron chi connectivity index (χ2n) is 5.37. The van der Waals surface area contributed by atoms with E-state index in [1.54, 1.807) is 31.2 Å². The van der Waals surface area contributed by atoms with Crippen LogP contribution in [0.4, 0.5) is 16.2 Å². The predicted octanol–water partition coefficient (Wildman–Crippen LogP) is 3.76. The van der Waals surface area contributed by atoms with Crippen molar-refractivity contribution in [3.05, 3.63) is 52.7 Å². The first kappa shape index (κ1) is 16.7. The smallest absolute Gasteiger partial charge is 0.316 e. The Hall–Kier alpha value is -3.13. The molecule has 0 unspecified atom stereocenters. The molecule has 25 heavy (non-hydrogen) atoms.